The second-order valence-electron chi connectivity index (χ2n) is 6.06. The van der Waals surface area contributed by atoms with E-state index in [0.29, 0.717) is 0 Å². The minimum atomic E-state index is 0.858. The Morgan fingerprint density at radius 1 is 0.650 bits per heavy atom. The van der Waals surface area contributed by atoms with Gasteiger partial charge in [0, 0.05) is 0 Å². The Labute approximate surface area is 128 Å². The van der Waals surface area contributed by atoms with Crippen molar-refractivity contribution < 1.29 is 0 Å². The molecule has 0 amide bonds. The maximum atomic E-state index is 2.34. The van der Waals surface area contributed by atoms with E-state index in [-0.39, 0.29) is 0 Å². The Balaban J connectivity index is 3.30. The topological polar surface area (TPSA) is 0 Å². The van der Waals surface area contributed by atoms with Crippen molar-refractivity contribution in [2.24, 2.45) is 5.92 Å². The first kappa shape index (κ1) is 19.2. The molecule has 0 unspecified atom stereocenters. The third-order valence-corrected chi connectivity index (χ3v) is 3.42. The highest BCUT2D eigenvalue weighted by molar-refractivity contribution is 4.97. The van der Waals surface area contributed by atoms with E-state index in [4.69, 9.17) is 0 Å². The Morgan fingerprint density at radius 3 is 1.65 bits per heavy atom. The maximum absolute atomic E-state index is 2.34. The monoisotopic (exact) mass is 276 g/mol. The van der Waals surface area contributed by atoms with Crippen LogP contribution in [0.25, 0.3) is 0 Å². The summed E-state index contributed by atoms with van der Waals surface area (Å²) in [4.78, 5) is 0. The second-order valence-corrected chi connectivity index (χ2v) is 6.06. The normalized spacial score (nSPS) is 12.6. The summed E-state index contributed by atoms with van der Waals surface area (Å²) in [6.45, 7) is 6.86. The van der Waals surface area contributed by atoms with E-state index in [0.717, 1.165) is 18.8 Å². The van der Waals surface area contributed by atoms with Gasteiger partial charge in [0.05, 0.1) is 0 Å². The first-order valence-corrected chi connectivity index (χ1v) is 8.72. The van der Waals surface area contributed by atoms with Gasteiger partial charge in [0.2, 0.25) is 0 Å². The minimum Gasteiger partial charge on any atom is -0.0882 e. The fourth-order valence-corrected chi connectivity index (χ4v) is 2.10. The molecule has 0 atom stereocenters. The van der Waals surface area contributed by atoms with E-state index < -0.39 is 0 Å². The molecule has 0 aliphatic rings. The van der Waals surface area contributed by atoms with Gasteiger partial charge in [-0.15, -0.1) is 0 Å². The molecule has 0 nitrogen and oxygen atoms in total. The molecule has 116 valence electrons. The third kappa shape index (κ3) is 17.2. The van der Waals surface area contributed by atoms with Gasteiger partial charge in [-0.1, -0.05) is 82.9 Å². The molecule has 0 radical (unpaired) electrons. The molecule has 0 spiro atoms. The molecule has 0 saturated heterocycles. The van der Waals surface area contributed by atoms with Crippen LogP contribution in [0, 0.1) is 5.92 Å². The maximum Gasteiger partial charge on any atom is -0.0169 e. The Bertz CT molecular complexity index is 255. The van der Waals surface area contributed by atoms with Crippen molar-refractivity contribution in [3.8, 4) is 0 Å². The Morgan fingerprint density at radius 2 is 1.15 bits per heavy atom. The van der Waals surface area contributed by atoms with Crippen molar-refractivity contribution in [3.05, 3.63) is 36.5 Å². The highest BCUT2D eigenvalue weighted by Crippen LogP contribution is 2.08. The molecular formula is C20H36. The summed E-state index contributed by atoms with van der Waals surface area (Å²) < 4.78 is 0. The Hall–Kier alpha value is -0.780. The molecule has 0 heteroatoms. The number of hydrogen-bond acceptors (Lipinski definition) is 0. The first-order chi connectivity index (χ1) is 9.77. The lowest BCUT2D eigenvalue weighted by atomic mass is 10.1. The third-order valence-electron chi connectivity index (χ3n) is 3.42. The molecule has 0 bridgehead atoms. The van der Waals surface area contributed by atoms with Gasteiger partial charge in [0.1, 0.15) is 0 Å². The number of allylic oxidation sites excluding steroid dienone is 6. The lowest BCUT2D eigenvalue weighted by Crippen LogP contribution is -1.85. The molecule has 0 N–H and O–H groups in total. The van der Waals surface area contributed by atoms with E-state index in [1.54, 1.807) is 0 Å². The van der Waals surface area contributed by atoms with Gasteiger partial charge in [-0.3, -0.25) is 0 Å². The van der Waals surface area contributed by atoms with Crippen LogP contribution >= 0.6 is 0 Å². The summed E-state index contributed by atoms with van der Waals surface area (Å²) in [5.74, 6) is 0.858. The van der Waals surface area contributed by atoms with Crippen LogP contribution in [0.5, 0.6) is 0 Å². The van der Waals surface area contributed by atoms with Crippen LogP contribution in [0.15, 0.2) is 36.5 Å². The molecular weight excluding hydrogens is 240 g/mol. The predicted octanol–water partition coefficient (Wildman–Crippen LogP) is 7.23. The number of unbranched alkanes of at least 4 members (excludes halogenated alkanes) is 5. The SMILES string of the molecule is CCCCC/C=C\C/C=C\C/C=C\CCCCC(C)C. The molecule has 0 aromatic heterocycles. The summed E-state index contributed by atoms with van der Waals surface area (Å²) in [7, 11) is 0. The highest BCUT2D eigenvalue weighted by Gasteiger charge is 1.91. The van der Waals surface area contributed by atoms with E-state index in [1.165, 1.54) is 51.4 Å². The van der Waals surface area contributed by atoms with E-state index in [2.05, 4.69) is 57.2 Å². The zero-order valence-corrected chi connectivity index (χ0v) is 14.1. The summed E-state index contributed by atoms with van der Waals surface area (Å²) in [6, 6.07) is 0. The van der Waals surface area contributed by atoms with Gasteiger partial charge < -0.3 is 0 Å². The van der Waals surface area contributed by atoms with E-state index in [9.17, 15) is 0 Å². The quantitative estimate of drug-likeness (QED) is 0.246. The van der Waals surface area contributed by atoms with Crippen molar-refractivity contribution in [2.45, 2.75) is 85.0 Å². The van der Waals surface area contributed by atoms with Gasteiger partial charge >= 0.3 is 0 Å². The lowest BCUT2D eigenvalue weighted by molar-refractivity contribution is 0.540. The highest BCUT2D eigenvalue weighted by atomic mass is 14.0. The first-order valence-electron chi connectivity index (χ1n) is 8.72. The molecule has 0 rings (SSSR count). The number of hydrogen-bond donors (Lipinski definition) is 0. The Kier molecular flexibility index (Phi) is 15.6. The summed E-state index contributed by atoms with van der Waals surface area (Å²) in [5, 5.41) is 0. The zero-order chi connectivity index (χ0) is 14.9. The molecule has 20 heavy (non-hydrogen) atoms. The molecule has 0 aromatic carbocycles. The van der Waals surface area contributed by atoms with E-state index in [1.807, 2.05) is 0 Å². The van der Waals surface area contributed by atoms with Gasteiger partial charge in [-0.05, 0) is 44.4 Å². The molecule has 0 fully saturated rings. The van der Waals surface area contributed by atoms with Crippen LogP contribution in [0.4, 0.5) is 0 Å². The minimum absolute atomic E-state index is 0.858. The summed E-state index contributed by atoms with van der Waals surface area (Å²) >= 11 is 0. The van der Waals surface area contributed by atoms with E-state index >= 15 is 0 Å². The molecule has 0 saturated carbocycles. The van der Waals surface area contributed by atoms with Crippen LogP contribution in [0.2, 0.25) is 0 Å². The van der Waals surface area contributed by atoms with Gasteiger partial charge in [-0.2, -0.15) is 0 Å². The largest absolute Gasteiger partial charge is 0.0882 e. The molecule has 0 aliphatic heterocycles. The van der Waals surface area contributed by atoms with Gasteiger partial charge in [0.25, 0.3) is 0 Å². The fraction of sp³-hybridized carbons (Fsp3) is 0.700. The van der Waals surface area contributed by atoms with Crippen molar-refractivity contribution in [3.63, 3.8) is 0 Å². The molecule has 0 aliphatic carbocycles. The standard InChI is InChI=1S/C20H36/c1-4-5-6-7-8-9-10-11-12-13-14-15-16-17-18-19-20(2)3/h8-9,11-12,14-15,20H,4-7,10,13,16-19H2,1-3H3/b9-8-,12-11-,15-14-. The van der Waals surface area contributed by atoms with Crippen molar-refractivity contribution in [1.29, 1.82) is 0 Å². The smallest absolute Gasteiger partial charge is 0.0169 e. The van der Waals surface area contributed by atoms with Crippen LogP contribution in [0.3, 0.4) is 0 Å². The average molecular weight is 277 g/mol. The van der Waals surface area contributed by atoms with Crippen molar-refractivity contribution >= 4 is 0 Å². The lowest BCUT2D eigenvalue weighted by Gasteiger charge is -2.01. The van der Waals surface area contributed by atoms with Crippen LogP contribution in [-0.2, 0) is 0 Å². The molecule has 0 heterocycles. The van der Waals surface area contributed by atoms with Gasteiger partial charge in [0.15, 0.2) is 0 Å². The summed E-state index contributed by atoms with van der Waals surface area (Å²) in [6.07, 6.45) is 26.6. The number of rotatable bonds is 13. The van der Waals surface area contributed by atoms with Crippen molar-refractivity contribution in [2.75, 3.05) is 0 Å². The predicted molar refractivity (Wildman–Crippen MR) is 94.1 cm³/mol. The van der Waals surface area contributed by atoms with Gasteiger partial charge in [-0.25, -0.2) is 0 Å². The summed E-state index contributed by atoms with van der Waals surface area (Å²) in [5.41, 5.74) is 0. The van der Waals surface area contributed by atoms with Crippen LogP contribution in [0.1, 0.15) is 85.0 Å². The molecule has 0 aromatic rings. The van der Waals surface area contributed by atoms with Crippen LogP contribution in [-0.4, -0.2) is 0 Å². The fourth-order valence-electron chi connectivity index (χ4n) is 2.10. The zero-order valence-electron chi connectivity index (χ0n) is 14.1. The van der Waals surface area contributed by atoms with Crippen LogP contribution < -0.4 is 0 Å². The second kappa shape index (κ2) is 16.3. The van der Waals surface area contributed by atoms with Crippen molar-refractivity contribution in [1.82, 2.24) is 0 Å². The average Bonchev–Trinajstić information content (AvgIpc) is 2.43.